The minimum Gasteiger partial charge on any atom is -0.405 e. The SMILES string of the molecule is C/C=C\C=C/C(C)N/C=C/C=C\N. The van der Waals surface area contributed by atoms with Crippen LogP contribution in [-0.2, 0) is 0 Å². The summed E-state index contributed by atoms with van der Waals surface area (Å²) in [4.78, 5) is 0. The van der Waals surface area contributed by atoms with Crippen LogP contribution in [0.2, 0.25) is 0 Å². The van der Waals surface area contributed by atoms with Crippen molar-refractivity contribution in [1.29, 1.82) is 0 Å². The first-order valence-electron chi connectivity index (χ1n) is 4.40. The Morgan fingerprint density at radius 3 is 2.54 bits per heavy atom. The largest absolute Gasteiger partial charge is 0.405 e. The van der Waals surface area contributed by atoms with Crippen molar-refractivity contribution in [3.8, 4) is 0 Å². The third kappa shape index (κ3) is 8.47. The van der Waals surface area contributed by atoms with E-state index in [0.717, 1.165) is 0 Å². The van der Waals surface area contributed by atoms with Crippen molar-refractivity contribution in [1.82, 2.24) is 5.32 Å². The van der Waals surface area contributed by atoms with E-state index in [4.69, 9.17) is 5.73 Å². The molecule has 1 unspecified atom stereocenters. The zero-order chi connectivity index (χ0) is 9.94. The molecule has 0 aromatic carbocycles. The average Bonchev–Trinajstić information content (AvgIpc) is 2.13. The normalized spacial score (nSPS) is 15.2. The minimum absolute atomic E-state index is 0.332. The fourth-order valence-corrected chi connectivity index (χ4v) is 0.725. The summed E-state index contributed by atoms with van der Waals surface area (Å²) in [5, 5.41) is 3.17. The summed E-state index contributed by atoms with van der Waals surface area (Å²) in [6.45, 7) is 4.07. The van der Waals surface area contributed by atoms with E-state index in [9.17, 15) is 0 Å². The van der Waals surface area contributed by atoms with Crippen LogP contribution in [0.25, 0.3) is 0 Å². The summed E-state index contributed by atoms with van der Waals surface area (Å²) in [5.74, 6) is 0. The van der Waals surface area contributed by atoms with Crippen molar-refractivity contribution in [3.63, 3.8) is 0 Å². The molecule has 0 amide bonds. The van der Waals surface area contributed by atoms with Crippen LogP contribution in [0.3, 0.4) is 0 Å². The van der Waals surface area contributed by atoms with Gasteiger partial charge in [-0.3, -0.25) is 0 Å². The number of hydrogen-bond donors (Lipinski definition) is 2. The molecule has 0 bridgehead atoms. The molecule has 0 saturated heterocycles. The van der Waals surface area contributed by atoms with Crippen molar-refractivity contribution in [2.45, 2.75) is 19.9 Å². The maximum absolute atomic E-state index is 5.16. The Labute approximate surface area is 80.5 Å². The second-order valence-corrected chi connectivity index (χ2v) is 2.61. The molecule has 0 heterocycles. The van der Waals surface area contributed by atoms with E-state index in [0.29, 0.717) is 6.04 Å². The first kappa shape index (κ1) is 11.6. The Morgan fingerprint density at radius 2 is 1.92 bits per heavy atom. The second kappa shape index (κ2) is 8.65. The Kier molecular flexibility index (Phi) is 7.70. The molecule has 0 radical (unpaired) electrons. The molecule has 0 aliphatic rings. The van der Waals surface area contributed by atoms with Gasteiger partial charge in [0.2, 0.25) is 0 Å². The third-order valence-electron chi connectivity index (χ3n) is 1.38. The van der Waals surface area contributed by atoms with E-state index in [1.165, 1.54) is 6.20 Å². The average molecular weight is 178 g/mol. The monoisotopic (exact) mass is 178 g/mol. The Balaban J connectivity index is 3.67. The lowest BCUT2D eigenvalue weighted by Gasteiger charge is -2.03. The van der Waals surface area contributed by atoms with E-state index >= 15 is 0 Å². The lowest BCUT2D eigenvalue weighted by atomic mass is 10.3. The predicted molar refractivity (Wildman–Crippen MR) is 59.0 cm³/mol. The van der Waals surface area contributed by atoms with Crippen molar-refractivity contribution >= 4 is 0 Å². The molecule has 0 fully saturated rings. The molecule has 2 heteroatoms. The summed E-state index contributed by atoms with van der Waals surface area (Å²) in [7, 11) is 0. The molecular weight excluding hydrogens is 160 g/mol. The molecule has 0 spiro atoms. The Morgan fingerprint density at radius 1 is 1.15 bits per heavy atom. The van der Waals surface area contributed by atoms with E-state index in [2.05, 4.69) is 18.3 Å². The van der Waals surface area contributed by atoms with Crippen LogP contribution in [0.1, 0.15) is 13.8 Å². The standard InChI is InChI=1S/C11H18N2/c1-3-4-5-8-11(2)13-10-7-6-9-12/h3-11,13H,12H2,1-2H3/b4-3-,8-5-,9-6-,10-7+. The molecule has 2 nitrogen and oxygen atoms in total. The Hall–Kier alpha value is -1.44. The van der Waals surface area contributed by atoms with Crippen LogP contribution in [0.5, 0.6) is 0 Å². The van der Waals surface area contributed by atoms with Gasteiger partial charge in [-0.2, -0.15) is 0 Å². The molecule has 72 valence electrons. The van der Waals surface area contributed by atoms with Gasteiger partial charge in [-0.25, -0.2) is 0 Å². The first-order valence-corrected chi connectivity index (χ1v) is 4.40. The fourth-order valence-electron chi connectivity index (χ4n) is 0.725. The number of rotatable bonds is 5. The number of nitrogens with one attached hydrogen (secondary N) is 1. The zero-order valence-corrected chi connectivity index (χ0v) is 8.27. The molecular formula is C11H18N2. The highest BCUT2D eigenvalue weighted by Gasteiger charge is 1.86. The lowest BCUT2D eigenvalue weighted by Crippen LogP contribution is -2.16. The quantitative estimate of drug-likeness (QED) is 0.633. The van der Waals surface area contributed by atoms with Gasteiger partial charge < -0.3 is 11.1 Å². The molecule has 0 aliphatic heterocycles. The number of allylic oxidation sites excluding steroid dienone is 5. The van der Waals surface area contributed by atoms with Crippen LogP contribution in [0.4, 0.5) is 0 Å². The van der Waals surface area contributed by atoms with Gasteiger partial charge in [0.25, 0.3) is 0 Å². The maximum Gasteiger partial charge on any atom is 0.0413 e. The van der Waals surface area contributed by atoms with Crippen molar-refractivity contribution in [2.24, 2.45) is 5.73 Å². The van der Waals surface area contributed by atoms with Crippen LogP contribution in [0.15, 0.2) is 48.9 Å². The topological polar surface area (TPSA) is 38.0 Å². The smallest absolute Gasteiger partial charge is 0.0413 e. The lowest BCUT2D eigenvalue weighted by molar-refractivity contribution is 0.770. The molecule has 13 heavy (non-hydrogen) atoms. The maximum atomic E-state index is 5.16. The molecule has 3 N–H and O–H groups in total. The summed E-state index contributed by atoms with van der Waals surface area (Å²) >= 11 is 0. The van der Waals surface area contributed by atoms with Crippen LogP contribution in [-0.4, -0.2) is 6.04 Å². The van der Waals surface area contributed by atoms with Gasteiger partial charge in [0, 0.05) is 6.04 Å². The minimum atomic E-state index is 0.332. The predicted octanol–water partition coefficient (Wildman–Crippen LogP) is 2.08. The summed E-state index contributed by atoms with van der Waals surface area (Å²) in [6.07, 6.45) is 15.1. The van der Waals surface area contributed by atoms with Crippen molar-refractivity contribution in [2.75, 3.05) is 0 Å². The fraction of sp³-hybridized carbons (Fsp3) is 0.273. The van der Waals surface area contributed by atoms with Gasteiger partial charge in [-0.15, -0.1) is 0 Å². The van der Waals surface area contributed by atoms with Crippen LogP contribution < -0.4 is 11.1 Å². The molecule has 0 saturated carbocycles. The van der Waals surface area contributed by atoms with Gasteiger partial charge in [0.05, 0.1) is 0 Å². The van der Waals surface area contributed by atoms with E-state index in [1.54, 1.807) is 6.08 Å². The van der Waals surface area contributed by atoms with Crippen molar-refractivity contribution in [3.05, 3.63) is 48.9 Å². The molecule has 0 aromatic heterocycles. The van der Waals surface area contributed by atoms with E-state index in [1.807, 2.05) is 37.4 Å². The van der Waals surface area contributed by atoms with Gasteiger partial charge in [-0.1, -0.05) is 24.3 Å². The highest BCUT2D eigenvalue weighted by Crippen LogP contribution is 1.86. The highest BCUT2D eigenvalue weighted by molar-refractivity contribution is 5.06. The first-order chi connectivity index (χ1) is 6.31. The summed E-state index contributed by atoms with van der Waals surface area (Å²) < 4.78 is 0. The van der Waals surface area contributed by atoms with E-state index < -0.39 is 0 Å². The Bertz CT molecular complexity index is 212. The molecule has 0 aromatic rings. The number of hydrogen-bond acceptors (Lipinski definition) is 2. The van der Waals surface area contributed by atoms with Gasteiger partial charge in [0.15, 0.2) is 0 Å². The van der Waals surface area contributed by atoms with Gasteiger partial charge >= 0.3 is 0 Å². The van der Waals surface area contributed by atoms with Crippen LogP contribution in [0, 0.1) is 0 Å². The van der Waals surface area contributed by atoms with Gasteiger partial charge in [-0.05, 0) is 38.4 Å². The molecule has 1 atom stereocenters. The molecule has 0 aliphatic carbocycles. The zero-order valence-electron chi connectivity index (χ0n) is 8.27. The summed E-state index contributed by atoms with van der Waals surface area (Å²) in [5.41, 5.74) is 5.16. The van der Waals surface area contributed by atoms with E-state index in [-0.39, 0.29) is 0 Å². The summed E-state index contributed by atoms with van der Waals surface area (Å²) in [6, 6.07) is 0.332. The third-order valence-corrected chi connectivity index (χ3v) is 1.38. The number of nitrogens with two attached hydrogens (primary N) is 1. The van der Waals surface area contributed by atoms with Gasteiger partial charge in [0.1, 0.15) is 0 Å². The van der Waals surface area contributed by atoms with Crippen molar-refractivity contribution < 1.29 is 0 Å². The second-order valence-electron chi connectivity index (χ2n) is 2.61. The van der Waals surface area contributed by atoms with Crippen LogP contribution >= 0.6 is 0 Å². The highest BCUT2D eigenvalue weighted by atomic mass is 14.9. The molecule has 0 rings (SSSR count).